The van der Waals surface area contributed by atoms with Crippen molar-refractivity contribution >= 4 is 11.6 Å². The molecule has 4 aliphatic rings. The quantitative estimate of drug-likeness (QED) is 0.698. The molecule has 3 saturated heterocycles. The zero-order chi connectivity index (χ0) is 23.0. The van der Waals surface area contributed by atoms with Gasteiger partial charge in [-0.3, -0.25) is 0 Å². The molecule has 184 valence electrons. The average Bonchev–Trinajstić information content (AvgIpc) is 3.32. The van der Waals surface area contributed by atoms with E-state index in [-0.39, 0.29) is 11.9 Å². The summed E-state index contributed by atoms with van der Waals surface area (Å²) in [6.45, 7) is 8.59. The van der Waals surface area contributed by atoms with Gasteiger partial charge in [-0.05, 0) is 68.3 Å². The topological polar surface area (TPSA) is 53.5 Å². The maximum Gasteiger partial charge on any atom is 0.420 e. The Bertz CT molecular complexity index is 802. The van der Waals surface area contributed by atoms with E-state index in [0.29, 0.717) is 23.6 Å². The monoisotopic (exact) mass is 467 g/mol. The van der Waals surface area contributed by atoms with Gasteiger partial charge in [0.15, 0.2) is 11.6 Å². The molecule has 0 aromatic carbocycles. The highest BCUT2D eigenvalue weighted by atomic mass is 19.4. The van der Waals surface area contributed by atoms with Crippen molar-refractivity contribution in [2.45, 2.75) is 57.7 Å². The summed E-state index contributed by atoms with van der Waals surface area (Å²) in [5, 5.41) is 11.4. The van der Waals surface area contributed by atoms with Gasteiger partial charge in [0.2, 0.25) is 0 Å². The minimum absolute atomic E-state index is 0.0292. The summed E-state index contributed by atoms with van der Waals surface area (Å²) >= 11 is 0. The van der Waals surface area contributed by atoms with Crippen molar-refractivity contribution in [2.24, 2.45) is 23.7 Å². The molecule has 1 aliphatic carbocycles. The Hall–Kier alpha value is -1.61. The zero-order valence-corrected chi connectivity index (χ0v) is 19.5. The van der Waals surface area contributed by atoms with Crippen molar-refractivity contribution < 1.29 is 17.9 Å². The minimum atomic E-state index is -4.45. The van der Waals surface area contributed by atoms with Crippen LogP contribution in [0.2, 0.25) is 0 Å². The predicted molar refractivity (Wildman–Crippen MR) is 121 cm³/mol. The molecular weight excluding hydrogens is 431 g/mol. The Morgan fingerprint density at radius 3 is 2.45 bits per heavy atom. The van der Waals surface area contributed by atoms with Crippen LogP contribution in [0, 0.1) is 23.7 Å². The SMILES string of the molecule is C[C@H]1CCCN(c2cc(C(F)(F)F)c(N[C@@H]3C[C@@H]4CN(CC5CCOCC5)C[C@@H]4C3)nn2)C1. The molecule has 0 spiro atoms. The number of hydrogen-bond donors (Lipinski definition) is 1. The summed E-state index contributed by atoms with van der Waals surface area (Å²) in [5.41, 5.74) is -0.691. The second kappa shape index (κ2) is 9.56. The molecule has 1 aromatic rings. The van der Waals surface area contributed by atoms with Crippen molar-refractivity contribution in [1.29, 1.82) is 0 Å². The Morgan fingerprint density at radius 2 is 1.79 bits per heavy atom. The van der Waals surface area contributed by atoms with E-state index in [1.54, 1.807) is 0 Å². The Kier molecular flexibility index (Phi) is 6.71. The highest BCUT2D eigenvalue weighted by Gasteiger charge is 2.43. The smallest absolute Gasteiger partial charge is 0.381 e. The van der Waals surface area contributed by atoms with Crippen LogP contribution in [-0.4, -0.2) is 67.1 Å². The molecule has 0 unspecified atom stereocenters. The lowest BCUT2D eigenvalue weighted by Gasteiger charge is -2.32. The number of nitrogens with zero attached hydrogens (tertiary/aromatic N) is 4. The fourth-order valence-electron chi connectivity index (χ4n) is 6.41. The van der Waals surface area contributed by atoms with Gasteiger partial charge in [0, 0.05) is 52.0 Å². The normalized spacial score (nSPS) is 31.7. The maximum atomic E-state index is 13.9. The number of hydrogen-bond acceptors (Lipinski definition) is 6. The molecule has 0 bridgehead atoms. The molecular formula is C24H36F3N5O. The number of aromatic nitrogens is 2. The number of likely N-dealkylation sites (tertiary alicyclic amines) is 1. The van der Waals surface area contributed by atoms with Crippen LogP contribution < -0.4 is 10.2 Å². The highest BCUT2D eigenvalue weighted by molar-refractivity contribution is 5.53. The van der Waals surface area contributed by atoms with Crippen molar-refractivity contribution in [2.75, 3.05) is 56.2 Å². The van der Waals surface area contributed by atoms with Crippen LogP contribution in [0.1, 0.15) is 51.0 Å². The first-order chi connectivity index (χ1) is 15.8. The summed E-state index contributed by atoms with van der Waals surface area (Å²) in [7, 11) is 0. The van der Waals surface area contributed by atoms with Gasteiger partial charge < -0.3 is 19.9 Å². The van der Waals surface area contributed by atoms with Crippen molar-refractivity contribution in [3.8, 4) is 0 Å². The lowest BCUT2D eigenvalue weighted by molar-refractivity contribution is -0.137. The van der Waals surface area contributed by atoms with Gasteiger partial charge in [-0.15, -0.1) is 10.2 Å². The van der Waals surface area contributed by atoms with Crippen LogP contribution >= 0.6 is 0 Å². The first kappa shape index (κ1) is 23.1. The fraction of sp³-hybridized carbons (Fsp3) is 0.833. The molecule has 4 heterocycles. The Labute approximate surface area is 194 Å². The maximum absolute atomic E-state index is 13.9. The summed E-state index contributed by atoms with van der Waals surface area (Å²) in [6.07, 6.45) is 1.71. The highest BCUT2D eigenvalue weighted by Crippen LogP contribution is 2.42. The van der Waals surface area contributed by atoms with E-state index < -0.39 is 11.7 Å². The summed E-state index contributed by atoms with van der Waals surface area (Å²) in [4.78, 5) is 4.50. The zero-order valence-electron chi connectivity index (χ0n) is 19.5. The first-order valence-corrected chi connectivity index (χ1v) is 12.6. The van der Waals surface area contributed by atoms with Gasteiger partial charge in [-0.1, -0.05) is 6.92 Å². The van der Waals surface area contributed by atoms with E-state index in [0.717, 1.165) is 90.4 Å². The molecule has 5 rings (SSSR count). The lowest BCUT2D eigenvalue weighted by atomic mass is 10.00. The first-order valence-electron chi connectivity index (χ1n) is 12.6. The minimum Gasteiger partial charge on any atom is -0.381 e. The van der Waals surface area contributed by atoms with Crippen LogP contribution in [0.4, 0.5) is 24.8 Å². The Balaban J connectivity index is 1.21. The van der Waals surface area contributed by atoms with Gasteiger partial charge in [0.05, 0.1) is 0 Å². The fourth-order valence-corrected chi connectivity index (χ4v) is 6.41. The third kappa shape index (κ3) is 5.39. The largest absolute Gasteiger partial charge is 0.420 e. The van der Waals surface area contributed by atoms with Gasteiger partial charge >= 0.3 is 6.18 Å². The van der Waals surface area contributed by atoms with Crippen molar-refractivity contribution in [1.82, 2.24) is 15.1 Å². The van der Waals surface area contributed by atoms with E-state index in [2.05, 4.69) is 27.3 Å². The van der Waals surface area contributed by atoms with E-state index >= 15 is 0 Å². The number of ether oxygens (including phenoxy) is 1. The molecule has 0 radical (unpaired) electrons. The van der Waals surface area contributed by atoms with E-state index in [1.165, 1.54) is 6.07 Å². The predicted octanol–water partition coefficient (Wildman–Crippen LogP) is 4.28. The molecule has 4 fully saturated rings. The summed E-state index contributed by atoms with van der Waals surface area (Å²) in [6, 6.07) is 1.22. The van der Waals surface area contributed by atoms with Gasteiger partial charge in [-0.25, -0.2) is 0 Å². The summed E-state index contributed by atoms with van der Waals surface area (Å²) in [5.74, 6) is 2.51. The number of halogens is 3. The number of rotatable bonds is 5. The average molecular weight is 468 g/mol. The van der Waals surface area contributed by atoms with Gasteiger partial charge in [0.1, 0.15) is 5.56 Å². The number of fused-ring (bicyclic) bond motifs is 1. The van der Waals surface area contributed by atoms with Crippen LogP contribution in [0.25, 0.3) is 0 Å². The molecule has 33 heavy (non-hydrogen) atoms. The number of piperidine rings is 1. The van der Waals surface area contributed by atoms with Crippen molar-refractivity contribution in [3.63, 3.8) is 0 Å². The van der Waals surface area contributed by atoms with Gasteiger partial charge in [-0.2, -0.15) is 13.2 Å². The van der Waals surface area contributed by atoms with Gasteiger partial charge in [0.25, 0.3) is 0 Å². The lowest BCUT2D eigenvalue weighted by Crippen LogP contribution is -2.35. The van der Waals surface area contributed by atoms with Crippen molar-refractivity contribution in [3.05, 3.63) is 11.6 Å². The third-order valence-electron chi connectivity index (χ3n) is 8.09. The van der Waals surface area contributed by atoms with E-state index in [9.17, 15) is 13.2 Å². The van der Waals surface area contributed by atoms with Crippen LogP contribution in [0.15, 0.2) is 6.07 Å². The van der Waals surface area contributed by atoms with Crippen LogP contribution in [0.5, 0.6) is 0 Å². The molecule has 3 aliphatic heterocycles. The van der Waals surface area contributed by atoms with E-state index in [1.807, 2.05) is 4.90 Å². The molecule has 6 nitrogen and oxygen atoms in total. The number of nitrogens with one attached hydrogen (secondary N) is 1. The van der Waals surface area contributed by atoms with E-state index in [4.69, 9.17) is 4.74 Å². The van der Waals surface area contributed by atoms with Crippen LogP contribution in [0.3, 0.4) is 0 Å². The number of alkyl halides is 3. The molecule has 0 amide bonds. The molecule has 1 aromatic heterocycles. The molecule has 4 atom stereocenters. The second-order valence-corrected chi connectivity index (χ2v) is 10.8. The second-order valence-electron chi connectivity index (χ2n) is 10.8. The summed E-state index contributed by atoms with van der Waals surface area (Å²) < 4.78 is 47.2. The molecule has 1 N–H and O–H groups in total. The third-order valence-corrected chi connectivity index (χ3v) is 8.09. The molecule has 9 heteroatoms. The standard InChI is InChI=1S/C24H36F3N5O/c1-16-3-2-6-32(12-16)22-11-21(24(25,26)27)23(30-29-22)28-20-9-18-14-31(15-19(18)10-20)13-17-4-7-33-8-5-17/h11,16-20H,2-10,12-15H2,1H3,(H,28,30)/t16-,18-,19+,20-/m0/s1. The Morgan fingerprint density at radius 1 is 1.06 bits per heavy atom. The van der Waals surface area contributed by atoms with Crippen LogP contribution in [-0.2, 0) is 10.9 Å². The number of anilines is 2. The molecule has 1 saturated carbocycles.